The Morgan fingerprint density at radius 2 is 2.26 bits per heavy atom. The predicted octanol–water partition coefficient (Wildman–Crippen LogP) is 2.01. The van der Waals surface area contributed by atoms with E-state index in [-0.39, 0.29) is 17.0 Å². The van der Waals surface area contributed by atoms with E-state index in [4.69, 9.17) is 4.74 Å². The molecule has 2 aromatic heterocycles. The summed E-state index contributed by atoms with van der Waals surface area (Å²) in [7, 11) is 0. The van der Waals surface area contributed by atoms with Gasteiger partial charge in [-0.05, 0) is 19.3 Å². The monoisotopic (exact) mass is 318 g/mol. The Kier molecular flexibility index (Phi) is 4.29. The summed E-state index contributed by atoms with van der Waals surface area (Å²) >= 11 is 0. The van der Waals surface area contributed by atoms with Crippen LogP contribution in [0.3, 0.4) is 0 Å². The molecule has 0 spiro atoms. The number of aromatic nitrogens is 3. The van der Waals surface area contributed by atoms with Crippen molar-refractivity contribution in [2.24, 2.45) is 5.92 Å². The fourth-order valence-electron chi connectivity index (χ4n) is 2.81. The van der Waals surface area contributed by atoms with Crippen molar-refractivity contribution in [2.75, 3.05) is 19.8 Å². The minimum absolute atomic E-state index is 0.0429. The molecule has 6 heteroatoms. The minimum atomic E-state index is -0.0710. The van der Waals surface area contributed by atoms with Gasteiger partial charge < -0.3 is 10.1 Å². The van der Waals surface area contributed by atoms with E-state index in [1.165, 1.54) is 4.52 Å². The zero-order chi connectivity index (χ0) is 16.6. The fraction of sp³-hybridized carbons (Fsp3) is 0.647. The molecule has 1 aliphatic heterocycles. The van der Waals surface area contributed by atoms with Crippen LogP contribution in [0.25, 0.3) is 5.65 Å². The first-order valence-electron chi connectivity index (χ1n) is 8.29. The first-order chi connectivity index (χ1) is 10.8. The maximum absolute atomic E-state index is 12.3. The molecular weight excluding hydrogens is 292 g/mol. The molecular formula is C17H26N4O2. The van der Waals surface area contributed by atoms with Gasteiger partial charge in [0.1, 0.15) is 0 Å². The molecule has 1 saturated heterocycles. The number of rotatable bonds is 4. The summed E-state index contributed by atoms with van der Waals surface area (Å²) in [6, 6.07) is 3.61. The smallest absolute Gasteiger partial charge is 0.272 e. The summed E-state index contributed by atoms with van der Waals surface area (Å²) in [6.45, 7) is 10.9. The van der Waals surface area contributed by atoms with Crippen LogP contribution in [0, 0.1) is 5.92 Å². The number of nitrogens with one attached hydrogen (secondary N) is 2. The lowest BCUT2D eigenvalue weighted by molar-refractivity contribution is 0.184. The molecule has 3 rings (SSSR count). The number of fused-ring (bicyclic) bond motifs is 1. The molecule has 2 aromatic rings. The molecule has 2 atom stereocenters. The van der Waals surface area contributed by atoms with Gasteiger partial charge in [-0.15, -0.1) is 0 Å². The van der Waals surface area contributed by atoms with E-state index in [0.717, 1.165) is 37.6 Å². The summed E-state index contributed by atoms with van der Waals surface area (Å²) in [4.78, 5) is 17.0. The summed E-state index contributed by atoms with van der Waals surface area (Å²) in [5.41, 5.74) is 2.34. The molecule has 0 saturated carbocycles. The second-order valence-corrected chi connectivity index (χ2v) is 7.49. The van der Waals surface area contributed by atoms with Gasteiger partial charge in [-0.3, -0.25) is 9.89 Å². The maximum Gasteiger partial charge on any atom is 0.272 e. The van der Waals surface area contributed by atoms with Crippen molar-refractivity contribution in [3.05, 3.63) is 33.9 Å². The Morgan fingerprint density at radius 3 is 2.91 bits per heavy atom. The van der Waals surface area contributed by atoms with Crippen molar-refractivity contribution in [3.63, 3.8) is 0 Å². The average Bonchev–Trinajstić information content (AvgIpc) is 3.13. The van der Waals surface area contributed by atoms with Crippen molar-refractivity contribution >= 4 is 5.65 Å². The van der Waals surface area contributed by atoms with Crippen LogP contribution in [0.2, 0.25) is 0 Å². The van der Waals surface area contributed by atoms with Crippen LogP contribution < -0.4 is 10.9 Å². The van der Waals surface area contributed by atoms with Crippen molar-refractivity contribution < 1.29 is 4.74 Å². The van der Waals surface area contributed by atoms with E-state index in [9.17, 15) is 4.79 Å². The Balaban J connectivity index is 1.82. The Hall–Kier alpha value is -1.66. The quantitative estimate of drug-likeness (QED) is 0.904. The first kappa shape index (κ1) is 16.2. The summed E-state index contributed by atoms with van der Waals surface area (Å²) < 4.78 is 6.91. The van der Waals surface area contributed by atoms with Gasteiger partial charge in [-0.2, -0.15) is 0 Å². The molecule has 3 heterocycles. The lowest BCUT2D eigenvalue weighted by Crippen LogP contribution is -2.28. The number of nitrogens with zero attached hydrogens (tertiary/aromatic N) is 2. The van der Waals surface area contributed by atoms with Crippen LogP contribution in [0.5, 0.6) is 0 Å². The Bertz CT molecular complexity index is 735. The normalized spacial score (nSPS) is 20.3. The van der Waals surface area contributed by atoms with Crippen LogP contribution >= 0.6 is 0 Å². The highest BCUT2D eigenvalue weighted by atomic mass is 16.5. The zero-order valence-corrected chi connectivity index (χ0v) is 14.3. The van der Waals surface area contributed by atoms with Gasteiger partial charge in [0.25, 0.3) is 5.56 Å². The minimum Gasteiger partial charge on any atom is -0.381 e. The average molecular weight is 318 g/mol. The van der Waals surface area contributed by atoms with Gasteiger partial charge in [-0.25, -0.2) is 9.50 Å². The van der Waals surface area contributed by atoms with Gasteiger partial charge in [-0.1, -0.05) is 20.8 Å². The first-order valence-corrected chi connectivity index (χ1v) is 8.29. The molecule has 0 aromatic carbocycles. The van der Waals surface area contributed by atoms with E-state index in [1.807, 2.05) is 13.0 Å². The lowest BCUT2D eigenvalue weighted by Gasteiger charge is -2.15. The molecule has 2 N–H and O–H groups in total. The highest BCUT2D eigenvalue weighted by Gasteiger charge is 2.20. The van der Waals surface area contributed by atoms with E-state index < -0.39 is 0 Å². The molecule has 6 nitrogen and oxygen atoms in total. The summed E-state index contributed by atoms with van der Waals surface area (Å²) in [6.07, 6.45) is 1.10. The standard InChI is InChI=1S/C17H26N4O2/c1-11(18-9-12-5-6-23-10-12)13-7-16(22)21-15(19-13)8-14(20-21)17(2,3)4/h7-8,11-12,18,20H,5-6,9-10H2,1-4H3/t11-,12-/m0/s1. The molecule has 1 fully saturated rings. The van der Waals surface area contributed by atoms with Crippen LogP contribution in [0.15, 0.2) is 16.9 Å². The van der Waals surface area contributed by atoms with E-state index in [1.54, 1.807) is 6.07 Å². The van der Waals surface area contributed by atoms with Gasteiger partial charge in [0, 0.05) is 42.4 Å². The third-order valence-electron chi connectivity index (χ3n) is 4.46. The summed E-state index contributed by atoms with van der Waals surface area (Å²) in [5.74, 6) is 0.557. The number of hydrogen-bond acceptors (Lipinski definition) is 4. The van der Waals surface area contributed by atoms with Gasteiger partial charge in [0.15, 0.2) is 5.65 Å². The lowest BCUT2D eigenvalue weighted by atomic mass is 9.93. The van der Waals surface area contributed by atoms with Crippen LogP contribution in [0.4, 0.5) is 0 Å². The number of aromatic amines is 1. The molecule has 126 valence electrons. The predicted molar refractivity (Wildman–Crippen MR) is 89.9 cm³/mol. The Morgan fingerprint density at radius 1 is 1.48 bits per heavy atom. The molecule has 0 bridgehead atoms. The van der Waals surface area contributed by atoms with E-state index in [0.29, 0.717) is 11.6 Å². The van der Waals surface area contributed by atoms with Crippen molar-refractivity contribution in [1.82, 2.24) is 19.9 Å². The number of H-pyrrole nitrogens is 1. The number of hydrogen-bond donors (Lipinski definition) is 2. The number of ether oxygens (including phenoxy) is 1. The van der Waals surface area contributed by atoms with E-state index >= 15 is 0 Å². The highest BCUT2D eigenvalue weighted by Crippen LogP contribution is 2.21. The van der Waals surface area contributed by atoms with Crippen LogP contribution in [0.1, 0.15) is 51.5 Å². The van der Waals surface area contributed by atoms with Crippen LogP contribution in [-0.4, -0.2) is 34.4 Å². The van der Waals surface area contributed by atoms with Gasteiger partial charge >= 0.3 is 0 Å². The second kappa shape index (κ2) is 6.09. The van der Waals surface area contributed by atoms with E-state index in [2.05, 4.69) is 36.2 Å². The Labute approximate surface area is 136 Å². The van der Waals surface area contributed by atoms with Crippen molar-refractivity contribution in [2.45, 2.75) is 45.6 Å². The maximum atomic E-state index is 12.3. The highest BCUT2D eigenvalue weighted by molar-refractivity contribution is 5.41. The van der Waals surface area contributed by atoms with Gasteiger partial charge in [0.2, 0.25) is 0 Å². The molecule has 23 heavy (non-hydrogen) atoms. The largest absolute Gasteiger partial charge is 0.381 e. The second-order valence-electron chi connectivity index (χ2n) is 7.49. The molecule has 0 radical (unpaired) electrons. The van der Waals surface area contributed by atoms with Gasteiger partial charge in [0.05, 0.1) is 12.3 Å². The third-order valence-corrected chi connectivity index (χ3v) is 4.46. The zero-order valence-electron chi connectivity index (χ0n) is 14.3. The fourth-order valence-corrected chi connectivity index (χ4v) is 2.81. The molecule has 0 aliphatic carbocycles. The topological polar surface area (TPSA) is 71.4 Å². The summed E-state index contributed by atoms with van der Waals surface area (Å²) in [5, 5.41) is 6.62. The van der Waals surface area contributed by atoms with Crippen LogP contribution in [-0.2, 0) is 10.2 Å². The molecule has 0 unspecified atom stereocenters. The van der Waals surface area contributed by atoms with Crippen molar-refractivity contribution in [3.8, 4) is 0 Å². The SMILES string of the molecule is C[C@H](NC[C@@H]1CCOC1)c1cc(=O)n2[nH]c(C(C)(C)C)cc2n1. The molecule has 1 aliphatic rings. The molecule has 0 amide bonds. The van der Waals surface area contributed by atoms with Crippen molar-refractivity contribution in [1.29, 1.82) is 0 Å². The third kappa shape index (κ3) is 3.48.